The third kappa shape index (κ3) is 2.53. The zero-order valence-electron chi connectivity index (χ0n) is 13.1. The highest BCUT2D eigenvalue weighted by Crippen LogP contribution is 2.42. The van der Waals surface area contributed by atoms with Gasteiger partial charge in [-0.1, -0.05) is 0 Å². The molecule has 112 valence electrons. The van der Waals surface area contributed by atoms with Gasteiger partial charge in [0.15, 0.2) is 5.54 Å². The highest BCUT2D eigenvalue weighted by atomic mass is 16.2. The molecular formula is C16H22N4O. The monoisotopic (exact) mass is 286 g/mol. The van der Waals surface area contributed by atoms with Crippen LogP contribution in [0.1, 0.15) is 36.0 Å². The van der Waals surface area contributed by atoms with E-state index in [1.807, 2.05) is 13.8 Å². The van der Waals surface area contributed by atoms with Crippen molar-refractivity contribution in [2.75, 3.05) is 19.4 Å². The lowest BCUT2D eigenvalue weighted by Crippen LogP contribution is -2.65. The molecule has 0 atom stereocenters. The fraction of sp³-hybridized carbons (Fsp3) is 0.500. The molecule has 5 heteroatoms. The maximum absolute atomic E-state index is 12.7. The van der Waals surface area contributed by atoms with Crippen LogP contribution in [-0.4, -0.2) is 30.1 Å². The Labute approximate surface area is 125 Å². The van der Waals surface area contributed by atoms with E-state index in [1.54, 1.807) is 26.2 Å². The van der Waals surface area contributed by atoms with Gasteiger partial charge in [-0.05, 0) is 43.5 Å². The summed E-state index contributed by atoms with van der Waals surface area (Å²) in [5.74, 6) is 8.15. The number of hydrogen-bond donors (Lipinski definition) is 1. The largest absolute Gasteiger partial charge is 0.467 e. The van der Waals surface area contributed by atoms with Crippen molar-refractivity contribution in [3.8, 4) is 6.07 Å². The number of nitriles is 1. The minimum absolute atomic E-state index is 0.0929. The summed E-state index contributed by atoms with van der Waals surface area (Å²) in [5, 5.41) is 12.0. The topological polar surface area (TPSA) is 76.7 Å². The van der Waals surface area contributed by atoms with Gasteiger partial charge in [-0.3, -0.25) is 4.79 Å². The fourth-order valence-corrected chi connectivity index (χ4v) is 3.01. The maximum Gasteiger partial charge on any atom is 0.285 e. The SMILES string of the molecule is Cc1cc(C#N)cc(C)c1NC(=O)C1([N+](C)(C)[NH-])CCC1. The van der Waals surface area contributed by atoms with Crippen molar-refractivity contribution in [2.45, 2.75) is 38.6 Å². The number of nitrogens with zero attached hydrogens (tertiary/aromatic N) is 2. The Kier molecular flexibility index (Phi) is 3.79. The number of aryl methyl sites for hydroxylation is 2. The summed E-state index contributed by atoms with van der Waals surface area (Å²) in [6.45, 7) is 3.77. The van der Waals surface area contributed by atoms with Gasteiger partial charge in [-0.2, -0.15) is 5.26 Å². The predicted octanol–water partition coefficient (Wildman–Crippen LogP) is 3.08. The van der Waals surface area contributed by atoms with Gasteiger partial charge < -0.3 is 15.8 Å². The minimum Gasteiger partial charge on any atom is -0.467 e. The average molecular weight is 286 g/mol. The van der Waals surface area contributed by atoms with Gasteiger partial charge in [0.05, 0.1) is 25.7 Å². The van der Waals surface area contributed by atoms with Crippen LogP contribution in [0.2, 0.25) is 0 Å². The standard InChI is InChI=1S/C16H22N4O/c1-11-8-13(10-17)9-12(2)14(11)19-15(21)16(6-5-7-16)20(3,4)18/h8-9,18H,5-7H2,1-4H3,(H,19,21). The van der Waals surface area contributed by atoms with Crippen LogP contribution in [0.5, 0.6) is 0 Å². The molecule has 1 aliphatic carbocycles. The van der Waals surface area contributed by atoms with Crippen molar-refractivity contribution in [3.05, 3.63) is 34.7 Å². The van der Waals surface area contributed by atoms with E-state index < -0.39 is 5.54 Å². The summed E-state index contributed by atoms with van der Waals surface area (Å²) in [6, 6.07) is 5.67. The lowest BCUT2D eigenvalue weighted by Gasteiger charge is -2.55. The van der Waals surface area contributed by atoms with E-state index in [9.17, 15) is 4.79 Å². The number of benzene rings is 1. The Morgan fingerprint density at radius 2 is 1.86 bits per heavy atom. The Hall–Kier alpha value is -1.90. The number of anilines is 1. The van der Waals surface area contributed by atoms with E-state index in [1.165, 1.54) is 0 Å². The molecule has 0 heterocycles. The Morgan fingerprint density at radius 1 is 1.33 bits per heavy atom. The fourth-order valence-electron chi connectivity index (χ4n) is 3.01. The number of amides is 1. The first-order chi connectivity index (χ1) is 9.71. The van der Waals surface area contributed by atoms with Crippen LogP contribution < -0.4 is 5.32 Å². The van der Waals surface area contributed by atoms with E-state index in [0.717, 1.165) is 36.1 Å². The van der Waals surface area contributed by atoms with Crippen molar-refractivity contribution in [2.24, 2.45) is 0 Å². The van der Waals surface area contributed by atoms with Gasteiger partial charge in [0, 0.05) is 18.5 Å². The third-order valence-corrected chi connectivity index (χ3v) is 4.57. The molecule has 5 nitrogen and oxygen atoms in total. The molecule has 1 amide bonds. The van der Waals surface area contributed by atoms with Crippen LogP contribution in [0.25, 0.3) is 5.84 Å². The van der Waals surface area contributed by atoms with Crippen molar-refractivity contribution in [1.29, 1.82) is 5.26 Å². The lowest BCUT2D eigenvalue weighted by atomic mass is 9.74. The molecule has 21 heavy (non-hydrogen) atoms. The number of quaternary nitrogens is 1. The van der Waals surface area contributed by atoms with Gasteiger partial charge in [-0.25, -0.2) is 0 Å². The molecule has 0 saturated heterocycles. The van der Waals surface area contributed by atoms with Gasteiger partial charge >= 0.3 is 0 Å². The second-order valence-electron chi connectivity index (χ2n) is 6.39. The van der Waals surface area contributed by atoms with E-state index in [0.29, 0.717) is 5.56 Å². The molecular weight excluding hydrogens is 264 g/mol. The summed E-state index contributed by atoms with van der Waals surface area (Å²) in [6.07, 6.45) is 2.47. The number of likely N-dealkylation sites (N-methyl/N-ethyl adjacent to an activating group) is 1. The smallest absolute Gasteiger partial charge is 0.285 e. The second-order valence-corrected chi connectivity index (χ2v) is 6.39. The number of carbonyl (C=O) groups is 1. The minimum atomic E-state index is -0.660. The summed E-state index contributed by atoms with van der Waals surface area (Å²) < 4.78 is -0.104. The van der Waals surface area contributed by atoms with Crippen LogP contribution in [0.4, 0.5) is 5.69 Å². The van der Waals surface area contributed by atoms with Crippen molar-refractivity contribution >= 4 is 11.6 Å². The normalized spacial score (nSPS) is 16.8. The molecule has 1 aromatic carbocycles. The summed E-state index contributed by atoms with van der Waals surface area (Å²) >= 11 is 0. The van der Waals surface area contributed by atoms with Crippen molar-refractivity contribution in [3.63, 3.8) is 0 Å². The second kappa shape index (κ2) is 5.14. The highest BCUT2D eigenvalue weighted by Gasteiger charge is 2.52. The molecule has 0 aliphatic heterocycles. The van der Waals surface area contributed by atoms with Crippen LogP contribution in [0.3, 0.4) is 0 Å². The summed E-state index contributed by atoms with van der Waals surface area (Å²) in [7, 11) is 3.49. The van der Waals surface area contributed by atoms with Crippen LogP contribution >= 0.6 is 0 Å². The predicted molar refractivity (Wildman–Crippen MR) is 82.3 cm³/mol. The van der Waals surface area contributed by atoms with E-state index in [-0.39, 0.29) is 10.5 Å². The van der Waals surface area contributed by atoms with Crippen LogP contribution in [0.15, 0.2) is 12.1 Å². The number of nitrogens with one attached hydrogen (secondary N) is 2. The summed E-state index contributed by atoms with van der Waals surface area (Å²) in [5.41, 5.74) is 2.46. The first-order valence-corrected chi connectivity index (χ1v) is 7.13. The Morgan fingerprint density at radius 3 is 2.19 bits per heavy atom. The van der Waals surface area contributed by atoms with Crippen LogP contribution in [0, 0.1) is 25.2 Å². The zero-order valence-corrected chi connectivity index (χ0v) is 13.1. The number of rotatable bonds is 3. The molecule has 1 fully saturated rings. The summed E-state index contributed by atoms with van der Waals surface area (Å²) in [4.78, 5) is 12.7. The molecule has 2 N–H and O–H groups in total. The average Bonchev–Trinajstić information content (AvgIpc) is 2.29. The van der Waals surface area contributed by atoms with E-state index in [2.05, 4.69) is 11.4 Å². The molecule has 0 spiro atoms. The number of hydrogen-bond acceptors (Lipinski definition) is 2. The number of carbonyl (C=O) groups excluding carboxylic acids is 1. The van der Waals surface area contributed by atoms with Gasteiger partial charge in [0.1, 0.15) is 0 Å². The molecule has 0 bridgehead atoms. The van der Waals surface area contributed by atoms with E-state index in [4.69, 9.17) is 11.1 Å². The lowest BCUT2D eigenvalue weighted by molar-refractivity contribution is -0.891. The molecule has 0 unspecified atom stereocenters. The maximum atomic E-state index is 12.7. The van der Waals surface area contributed by atoms with Gasteiger partial charge in [0.2, 0.25) is 0 Å². The first kappa shape index (κ1) is 15.5. The van der Waals surface area contributed by atoms with Gasteiger partial charge in [0.25, 0.3) is 5.91 Å². The molecule has 0 aromatic heterocycles. The highest BCUT2D eigenvalue weighted by molar-refractivity contribution is 5.99. The van der Waals surface area contributed by atoms with Crippen molar-refractivity contribution in [1.82, 2.24) is 0 Å². The molecule has 2 rings (SSSR count). The Bertz CT molecular complexity index is 595. The Balaban J connectivity index is 2.31. The first-order valence-electron chi connectivity index (χ1n) is 7.13. The van der Waals surface area contributed by atoms with E-state index >= 15 is 0 Å². The molecule has 0 radical (unpaired) electrons. The quantitative estimate of drug-likeness (QED) is 0.684. The van der Waals surface area contributed by atoms with Crippen molar-refractivity contribution < 1.29 is 9.39 Å². The molecule has 1 aromatic rings. The molecule has 1 aliphatic rings. The van der Waals surface area contributed by atoms with Crippen LogP contribution in [-0.2, 0) is 4.79 Å². The third-order valence-electron chi connectivity index (χ3n) is 4.57. The zero-order chi connectivity index (χ0) is 15.8. The van der Waals surface area contributed by atoms with Gasteiger partial charge in [-0.15, -0.1) is 0 Å². The molecule has 1 saturated carbocycles.